The molecule has 5 nitrogen and oxygen atoms in total. The van der Waals surface area contributed by atoms with Crippen LogP contribution in [0.4, 0.5) is 5.69 Å². The van der Waals surface area contributed by atoms with Gasteiger partial charge in [-0.1, -0.05) is 54.6 Å². The third-order valence-corrected chi connectivity index (χ3v) is 4.81. The van der Waals surface area contributed by atoms with E-state index >= 15 is 0 Å². The highest BCUT2D eigenvalue weighted by Gasteiger charge is 2.10. The molecule has 0 aliphatic carbocycles. The monoisotopic (exact) mass is 379 g/mol. The minimum atomic E-state index is 0.607. The van der Waals surface area contributed by atoms with Crippen LogP contribution >= 0.6 is 0 Å². The molecule has 2 aromatic heterocycles. The van der Waals surface area contributed by atoms with Crippen LogP contribution in [0.3, 0.4) is 0 Å². The number of nitrogens with two attached hydrogens (primary N) is 1. The fourth-order valence-corrected chi connectivity index (χ4v) is 3.33. The summed E-state index contributed by atoms with van der Waals surface area (Å²) in [5.74, 6) is 0. The van der Waals surface area contributed by atoms with Crippen molar-refractivity contribution in [2.45, 2.75) is 13.0 Å². The number of pyridine rings is 1. The summed E-state index contributed by atoms with van der Waals surface area (Å²) in [7, 11) is 0. The van der Waals surface area contributed by atoms with E-state index in [0.29, 0.717) is 18.8 Å². The van der Waals surface area contributed by atoms with Crippen LogP contribution in [0.1, 0.15) is 11.1 Å². The molecule has 4 rings (SSSR count). The summed E-state index contributed by atoms with van der Waals surface area (Å²) in [6.45, 7) is 8.59. The molecule has 29 heavy (non-hydrogen) atoms. The topological polar surface area (TPSA) is 61.1 Å². The molecule has 5 heteroatoms. The first-order valence-electron chi connectivity index (χ1n) is 9.50. The number of hydrogen-bond donors (Lipinski definition) is 1. The van der Waals surface area contributed by atoms with Crippen molar-refractivity contribution in [3.63, 3.8) is 0 Å². The molecule has 2 heterocycles. The highest BCUT2D eigenvalue weighted by molar-refractivity contribution is 5.68. The second kappa shape index (κ2) is 8.51. The summed E-state index contributed by atoms with van der Waals surface area (Å²) in [5.41, 5.74) is 12.3. The lowest BCUT2D eigenvalue weighted by Crippen LogP contribution is -2.03. The second-order valence-electron chi connectivity index (χ2n) is 6.84. The normalized spacial score (nSPS) is 10.6. The fraction of sp³-hybridized carbons (Fsp3) is 0.125. The Bertz CT molecular complexity index is 1140. The zero-order valence-corrected chi connectivity index (χ0v) is 16.0. The average molecular weight is 379 g/mol. The molecular weight excluding hydrogens is 358 g/mol. The number of rotatable bonds is 6. The quantitative estimate of drug-likeness (QED) is 0.494. The maximum absolute atomic E-state index is 7.36. The van der Waals surface area contributed by atoms with E-state index in [4.69, 9.17) is 12.3 Å². The van der Waals surface area contributed by atoms with Gasteiger partial charge in [-0.25, -0.2) is 9.83 Å². The van der Waals surface area contributed by atoms with Gasteiger partial charge in [-0.2, -0.15) is 0 Å². The molecule has 142 valence electrons. The predicted octanol–water partition coefficient (Wildman–Crippen LogP) is 4.71. The third-order valence-electron chi connectivity index (χ3n) is 4.81. The molecule has 0 atom stereocenters. The van der Waals surface area contributed by atoms with Gasteiger partial charge in [0.25, 0.3) is 0 Å². The Morgan fingerprint density at radius 3 is 2.55 bits per heavy atom. The van der Waals surface area contributed by atoms with Gasteiger partial charge in [0.1, 0.15) is 0 Å². The van der Waals surface area contributed by atoms with Crippen molar-refractivity contribution in [1.29, 1.82) is 0 Å². The van der Waals surface area contributed by atoms with Gasteiger partial charge in [-0.3, -0.25) is 4.98 Å². The Hall–Kier alpha value is -3.75. The molecule has 0 bridgehead atoms. The second-order valence-corrected chi connectivity index (χ2v) is 6.84. The molecule has 0 radical (unpaired) electrons. The molecule has 2 N–H and O–H groups in total. The van der Waals surface area contributed by atoms with Crippen LogP contribution in [0.2, 0.25) is 0 Å². The molecule has 4 aromatic rings. The van der Waals surface area contributed by atoms with Crippen LogP contribution in [0.15, 0.2) is 79.4 Å². The van der Waals surface area contributed by atoms with Gasteiger partial charge in [0.2, 0.25) is 0 Å². The Morgan fingerprint density at radius 1 is 0.966 bits per heavy atom. The lowest BCUT2D eigenvalue weighted by Gasteiger charge is -2.11. The lowest BCUT2D eigenvalue weighted by atomic mass is 10.0. The first-order chi connectivity index (χ1) is 14.3. The molecule has 0 spiro atoms. The molecule has 0 saturated carbocycles. The maximum Gasteiger partial charge on any atom is 0.187 e. The van der Waals surface area contributed by atoms with Crippen LogP contribution in [0.25, 0.3) is 27.4 Å². The fourth-order valence-electron chi connectivity index (χ4n) is 3.33. The van der Waals surface area contributed by atoms with Gasteiger partial charge in [-0.15, -0.1) is 0 Å². The van der Waals surface area contributed by atoms with Crippen molar-refractivity contribution < 1.29 is 0 Å². The Morgan fingerprint density at radius 2 is 1.83 bits per heavy atom. The lowest BCUT2D eigenvalue weighted by molar-refractivity contribution is 0.799. The largest absolute Gasteiger partial charge is 0.332 e. The molecular formula is C24H21N5. The summed E-state index contributed by atoms with van der Waals surface area (Å²) >= 11 is 0. The summed E-state index contributed by atoms with van der Waals surface area (Å²) in [5, 5.41) is 0. The van der Waals surface area contributed by atoms with Crippen LogP contribution < -0.4 is 5.73 Å². The van der Waals surface area contributed by atoms with Crippen LogP contribution in [0, 0.1) is 6.57 Å². The first kappa shape index (κ1) is 18.6. The smallest absolute Gasteiger partial charge is 0.187 e. The summed E-state index contributed by atoms with van der Waals surface area (Å²) in [4.78, 5) is 12.7. The summed E-state index contributed by atoms with van der Waals surface area (Å²) in [6.07, 6.45) is 6.55. The Labute approximate surface area is 170 Å². The Balaban J connectivity index is 1.66. The average Bonchev–Trinajstić information content (AvgIpc) is 3.24. The number of benzene rings is 2. The van der Waals surface area contributed by atoms with Crippen molar-refractivity contribution in [2.75, 3.05) is 6.54 Å². The molecule has 2 aromatic carbocycles. The molecule has 0 aliphatic rings. The highest BCUT2D eigenvalue weighted by atomic mass is 15.0. The molecule has 0 saturated heterocycles. The van der Waals surface area contributed by atoms with Gasteiger partial charge in [0, 0.05) is 30.1 Å². The Kier molecular flexibility index (Phi) is 5.46. The van der Waals surface area contributed by atoms with Crippen LogP contribution in [-0.4, -0.2) is 21.1 Å². The van der Waals surface area contributed by atoms with E-state index in [-0.39, 0.29) is 0 Å². The van der Waals surface area contributed by atoms with Crippen molar-refractivity contribution in [3.8, 4) is 22.5 Å². The third kappa shape index (κ3) is 4.23. The van der Waals surface area contributed by atoms with Crippen molar-refractivity contribution in [2.24, 2.45) is 5.73 Å². The van der Waals surface area contributed by atoms with Crippen LogP contribution in [0.5, 0.6) is 0 Å². The van der Waals surface area contributed by atoms with E-state index in [0.717, 1.165) is 40.1 Å². The van der Waals surface area contributed by atoms with E-state index in [9.17, 15) is 0 Å². The minimum Gasteiger partial charge on any atom is -0.332 e. The van der Waals surface area contributed by atoms with Crippen LogP contribution in [-0.2, 0) is 13.0 Å². The number of imidazole rings is 1. The van der Waals surface area contributed by atoms with Gasteiger partial charge in [0.15, 0.2) is 5.69 Å². The number of aromatic nitrogens is 3. The summed E-state index contributed by atoms with van der Waals surface area (Å²) in [6, 6.07) is 19.9. The van der Waals surface area contributed by atoms with Gasteiger partial charge < -0.3 is 10.3 Å². The van der Waals surface area contributed by atoms with Crippen molar-refractivity contribution >= 4 is 5.69 Å². The van der Waals surface area contributed by atoms with E-state index in [1.54, 1.807) is 0 Å². The van der Waals surface area contributed by atoms with E-state index in [2.05, 4.69) is 20.9 Å². The van der Waals surface area contributed by atoms with Gasteiger partial charge in [-0.05, 0) is 30.2 Å². The molecule has 0 amide bonds. The number of nitrogens with zero attached hydrogens (tertiary/aromatic N) is 4. The standard InChI is InChI=1S/C24H21N5/c1-26-21-8-9-22(23-10-7-18(11-12-25)14-27-23)20(13-21)15-29-16-24(28-17-29)19-5-3-2-4-6-19/h2-10,13-14,16-17H,11-12,15,25H2. The highest BCUT2D eigenvalue weighted by Crippen LogP contribution is 2.28. The molecule has 0 fully saturated rings. The number of hydrogen-bond acceptors (Lipinski definition) is 3. The zero-order valence-electron chi connectivity index (χ0n) is 16.0. The maximum atomic E-state index is 7.36. The minimum absolute atomic E-state index is 0.607. The van der Waals surface area contributed by atoms with E-state index in [1.165, 1.54) is 0 Å². The van der Waals surface area contributed by atoms with Crippen molar-refractivity contribution in [3.05, 3.63) is 102 Å². The van der Waals surface area contributed by atoms with Gasteiger partial charge >= 0.3 is 0 Å². The van der Waals surface area contributed by atoms with E-state index in [1.807, 2.05) is 77.9 Å². The van der Waals surface area contributed by atoms with E-state index < -0.39 is 0 Å². The van der Waals surface area contributed by atoms with Crippen molar-refractivity contribution in [1.82, 2.24) is 14.5 Å². The molecule has 0 unspecified atom stereocenters. The first-order valence-corrected chi connectivity index (χ1v) is 9.50. The van der Waals surface area contributed by atoms with Gasteiger partial charge in [0.05, 0.1) is 24.3 Å². The predicted molar refractivity (Wildman–Crippen MR) is 115 cm³/mol. The summed E-state index contributed by atoms with van der Waals surface area (Å²) < 4.78 is 2.04. The zero-order chi connectivity index (χ0) is 20.1. The molecule has 0 aliphatic heterocycles. The SMILES string of the molecule is [C-]#[N+]c1ccc(-c2ccc(CCN)cn2)c(Cn2cnc(-c3ccccc3)c2)c1.